The third-order valence-electron chi connectivity index (χ3n) is 6.82. The lowest BCUT2D eigenvalue weighted by Crippen LogP contribution is -2.71. The van der Waals surface area contributed by atoms with Crippen LogP contribution in [0.4, 0.5) is 0 Å². The minimum absolute atomic E-state index is 0.621. The molecule has 1 N–H and O–H groups in total. The summed E-state index contributed by atoms with van der Waals surface area (Å²) in [5.41, 5.74) is 0. The molecule has 0 unspecified atom stereocenters. The second-order valence-electron chi connectivity index (χ2n) is 11.2. The molecule has 20 heteroatoms. The summed E-state index contributed by atoms with van der Waals surface area (Å²) in [6, 6.07) is -1.57. The Hall–Kier alpha value is -4.85. The molecule has 1 aliphatic heterocycles. The van der Waals surface area contributed by atoms with E-state index in [1.165, 1.54) is 0 Å². The van der Waals surface area contributed by atoms with Crippen LogP contribution in [-0.2, 0) is 90.5 Å². The first-order valence-corrected chi connectivity index (χ1v) is 15.1. The predicted octanol–water partition coefficient (Wildman–Crippen LogP) is -1.30. The molecule has 9 atom stereocenters. The van der Waals surface area contributed by atoms with Gasteiger partial charge in [-0.3, -0.25) is 43.2 Å². The highest BCUT2D eigenvalue weighted by Gasteiger charge is 2.62. The van der Waals surface area contributed by atoms with Gasteiger partial charge in [0, 0.05) is 62.3 Å². The van der Waals surface area contributed by atoms with E-state index >= 15 is 0 Å². The molecule has 0 aromatic rings. The summed E-state index contributed by atoms with van der Waals surface area (Å²) in [4.78, 5) is 111. The molecule has 50 heavy (non-hydrogen) atoms. The fraction of sp³-hybridized carbons (Fsp3) is 0.700. The van der Waals surface area contributed by atoms with Crippen molar-refractivity contribution in [3.05, 3.63) is 0 Å². The summed E-state index contributed by atoms with van der Waals surface area (Å²) < 4.78 is 55.4. The zero-order valence-electron chi connectivity index (χ0n) is 28.8. The van der Waals surface area contributed by atoms with Crippen LogP contribution in [0.1, 0.15) is 62.3 Å². The largest absolute Gasteiger partial charge is 0.463 e. The SMILES string of the molecule is CC(=O)N[C@H]1[C@H](OC2[C@@H](OC(C)=O)[C@H](OC(C)=O)C(OC(C)=O)[C@@H](OC(C)=O)[C@@H]2OC(C)=O)O[C@H](COC(C)=O)[C@H](OC(C)=O)[C@@H]1OC(C)=O. The summed E-state index contributed by atoms with van der Waals surface area (Å²) in [6.45, 7) is 8.43. The highest BCUT2D eigenvalue weighted by atomic mass is 16.7. The van der Waals surface area contributed by atoms with Gasteiger partial charge in [0.1, 0.15) is 24.9 Å². The molecule has 1 aliphatic carbocycles. The first-order chi connectivity index (χ1) is 23.2. The fourth-order valence-corrected chi connectivity index (χ4v) is 5.47. The number of nitrogens with one attached hydrogen (secondary N) is 1. The number of amides is 1. The van der Waals surface area contributed by atoms with Crippen LogP contribution in [0.2, 0.25) is 0 Å². The molecular formula is C30H41NO19. The van der Waals surface area contributed by atoms with E-state index in [0.717, 1.165) is 62.3 Å². The van der Waals surface area contributed by atoms with Crippen LogP contribution in [0.25, 0.3) is 0 Å². The third kappa shape index (κ3) is 11.9. The minimum atomic E-state index is -1.86. The molecule has 0 bridgehead atoms. The number of ether oxygens (including phenoxy) is 10. The van der Waals surface area contributed by atoms with Crippen molar-refractivity contribution in [2.24, 2.45) is 0 Å². The monoisotopic (exact) mass is 719 g/mol. The van der Waals surface area contributed by atoms with Gasteiger partial charge in [-0.25, -0.2) is 0 Å². The molecule has 0 radical (unpaired) electrons. The van der Waals surface area contributed by atoms with E-state index in [1.54, 1.807) is 0 Å². The topological polar surface area (TPSA) is 258 Å². The number of hydrogen-bond acceptors (Lipinski definition) is 19. The van der Waals surface area contributed by atoms with E-state index in [4.69, 9.17) is 47.4 Å². The van der Waals surface area contributed by atoms with Crippen LogP contribution in [0, 0.1) is 0 Å². The number of carbonyl (C=O) groups excluding carboxylic acids is 9. The molecule has 0 spiro atoms. The third-order valence-corrected chi connectivity index (χ3v) is 6.82. The van der Waals surface area contributed by atoms with Crippen molar-refractivity contribution in [1.29, 1.82) is 0 Å². The van der Waals surface area contributed by atoms with Gasteiger partial charge in [0.05, 0.1) is 0 Å². The van der Waals surface area contributed by atoms with Crippen molar-refractivity contribution < 1.29 is 90.5 Å². The van der Waals surface area contributed by atoms with Gasteiger partial charge >= 0.3 is 47.8 Å². The lowest BCUT2D eigenvalue weighted by Gasteiger charge is -2.50. The Labute approximate surface area is 285 Å². The van der Waals surface area contributed by atoms with E-state index < -0.39 is 128 Å². The van der Waals surface area contributed by atoms with E-state index in [2.05, 4.69) is 5.32 Å². The smallest absolute Gasteiger partial charge is 0.303 e. The molecule has 1 saturated heterocycles. The summed E-state index contributed by atoms with van der Waals surface area (Å²) >= 11 is 0. The van der Waals surface area contributed by atoms with Gasteiger partial charge in [0.25, 0.3) is 0 Å². The van der Waals surface area contributed by atoms with Crippen LogP contribution >= 0.6 is 0 Å². The molecule has 2 rings (SSSR count). The zero-order chi connectivity index (χ0) is 38.0. The Kier molecular flexibility index (Phi) is 15.1. The van der Waals surface area contributed by atoms with Crippen molar-refractivity contribution in [2.45, 2.75) is 130 Å². The molecule has 0 aromatic carbocycles. The van der Waals surface area contributed by atoms with E-state index in [0.29, 0.717) is 0 Å². The van der Waals surface area contributed by atoms with Crippen LogP contribution in [-0.4, -0.2) is 128 Å². The molecule has 2 fully saturated rings. The molecule has 1 heterocycles. The van der Waals surface area contributed by atoms with Gasteiger partial charge in [-0.05, 0) is 0 Å². The van der Waals surface area contributed by atoms with E-state index in [1.807, 2.05) is 0 Å². The minimum Gasteiger partial charge on any atom is -0.463 e. The Morgan fingerprint density at radius 3 is 1.08 bits per heavy atom. The van der Waals surface area contributed by atoms with Crippen molar-refractivity contribution >= 4 is 53.7 Å². The Balaban J connectivity index is 2.89. The molecule has 1 saturated carbocycles. The summed E-state index contributed by atoms with van der Waals surface area (Å²) in [5, 5.41) is 2.48. The first kappa shape index (κ1) is 41.3. The van der Waals surface area contributed by atoms with Crippen LogP contribution in [0.5, 0.6) is 0 Å². The first-order valence-electron chi connectivity index (χ1n) is 15.1. The molecule has 280 valence electrons. The highest BCUT2D eigenvalue weighted by Crippen LogP contribution is 2.37. The van der Waals surface area contributed by atoms with Gasteiger partial charge in [0.15, 0.2) is 49.0 Å². The number of hydrogen-bond donors (Lipinski definition) is 1. The van der Waals surface area contributed by atoms with Crippen LogP contribution in [0.3, 0.4) is 0 Å². The van der Waals surface area contributed by atoms with Gasteiger partial charge in [-0.15, -0.1) is 0 Å². The van der Waals surface area contributed by atoms with Crippen molar-refractivity contribution in [2.75, 3.05) is 6.61 Å². The summed E-state index contributed by atoms with van der Waals surface area (Å²) in [7, 11) is 0. The van der Waals surface area contributed by atoms with Crippen LogP contribution in [0.15, 0.2) is 0 Å². The maximum Gasteiger partial charge on any atom is 0.303 e. The average Bonchev–Trinajstić information content (AvgIpc) is 2.94. The second-order valence-corrected chi connectivity index (χ2v) is 11.2. The van der Waals surface area contributed by atoms with Crippen molar-refractivity contribution in [3.8, 4) is 0 Å². The highest BCUT2D eigenvalue weighted by molar-refractivity contribution is 5.74. The average molecular weight is 720 g/mol. The van der Waals surface area contributed by atoms with Gasteiger partial charge in [0.2, 0.25) is 5.91 Å². The number of rotatable bonds is 12. The lowest BCUT2D eigenvalue weighted by molar-refractivity contribution is -0.324. The predicted molar refractivity (Wildman–Crippen MR) is 157 cm³/mol. The molecule has 20 nitrogen and oxygen atoms in total. The summed E-state index contributed by atoms with van der Waals surface area (Å²) in [5.74, 6) is -8.28. The van der Waals surface area contributed by atoms with Crippen molar-refractivity contribution in [1.82, 2.24) is 5.32 Å². The Bertz CT molecular complexity index is 1290. The fourth-order valence-electron chi connectivity index (χ4n) is 5.47. The van der Waals surface area contributed by atoms with E-state index in [-0.39, 0.29) is 0 Å². The normalized spacial score (nSPS) is 30.3. The Morgan fingerprint density at radius 1 is 0.440 bits per heavy atom. The van der Waals surface area contributed by atoms with Crippen LogP contribution < -0.4 is 5.32 Å². The lowest BCUT2D eigenvalue weighted by atomic mass is 9.83. The molecule has 1 amide bonds. The van der Waals surface area contributed by atoms with Gasteiger partial charge in [-0.2, -0.15) is 0 Å². The number of esters is 8. The maximum absolute atomic E-state index is 12.5. The quantitative estimate of drug-likeness (QED) is 0.181. The van der Waals surface area contributed by atoms with Crippen molar-refractivity contribution in [3.63, 3.8) is 0 Å². The zero-order valence-corrected chi connectivity index (χ0v) is 28.8. The van der Waals surface area contributed by atoms with Gasteiger partial charge in [-0.1, -0.05) is 0 Å². The maximum atomic E-state index is 12.5. The van der Waals surface area contributed by atoms with E-state index in [9.17, 15) is 43.2 Å². The molecular weight excluding hydrogens is 678 g/mol. The Morgan fingerprint density at radius 2 is 0.760 bits per heavy atom. The van der Waals surface area contributed by atoms with Gasteiger partial charge < -0.3 is 52.7 Å². The molecule has 2 aliphatic rings. The standard InChI is InChI=1S/C30H41NO19/c1-11(32)31-21-23(43-14(4)35)22(42-13(3)34)20(10-41-12(2)33)49-30(21)50-29-27(47-18(8)39)25(45-16(6)37)24(44-15(5)36)26(46-17(7)38)28(29)48-19(9)40/h20-30H,10H2,1-9H3,(H,31,32)/t20-,21-,22+,23-,24?,25-,26-,27+,28+,29?,30+/m1/s1. The number of carbonyl (C=O) groups is 9. The second kappa shape index (κ2) is 18.2. The summed E-state index contributed by atoms with van der Waals surface area (Å²) in [6.07, 6.45) is -17.3. The molecule has 0 aromatic heterocycles.